The molecule has 0 atom stereocenters. The van der Waals surface area contributed by atoms with Gasteiger partial charge in [-0.1, -0.05) is 18.2 Å². The summed E-state index contributed by atoms with van der Waals surface area (Å²) in [6, 6.07) is 7.51. The second-order valence-electron chi connectivity index (χ2n) is 5.68. The van der Waals surface area contributed by atoms with Crippen LogP contribution < -0.4 is 33.3 Å². The second-order valence-corrected chi connectivity index (χ2v) is 7.43. The Morgan fingerprint density at radius 2 is 1.87 bits per heavy atom. The molecule has 124 valence electrons. The number of sulfonamides is 1. The Balaban J connectivity index is 0.00000192. The smallest absolute Gasteiger partial charge is 0.253 e. The van der Waals surface area contributed by atoms with E-state index >= 15 is 0 Å². The molecule has 3 rings (SSSR count). The molecule has 2 aromatic rings. The lowest BCUT2D eigenvalue weighted by molar-refractivity contribution is -0.705. The van der Waals surface area contributed by atoms with Crippen molar-refractivity contribution in [2.24, 2.45) is 7.05 Å². The molecule has 23 heavy (non-hydrogen) atoms. The van der Waals surface area contributed by atoms with Crippen LogP contribution in [0.5, 0.6) is 0 Å². The Kier molecular flexibility index (Phi) is 5.20. The number of benzene rings is 1. The highest BCUT2D eigenvalue weighted by Gasteiger charge is 2.24. The SMILES string of the molecule is Cc1n(C)cc2[n+]1CCC=C2c1ccc(NS(C)(=O)=O)cc1.[I-]. The number of hydrogen-bond donors (Lipinski definition) is 1. The van der Waals surface area contributed by atoms with Crippen LogP contribution in [-0.2, 0) is 23.6 Å². The Hall–Kier alpha value is -1.35. The molecule has 0 spiro atoms. The van der Waals surface area contributed by atoms with Crippen LogP contribution in [0.15, 0.2) is 36.5 Å². The lowest BCUT2D eigenvalue weighted by Gasteiger charge is -2.13. The van der Waals surface area contributed by atoms with Crippen molar-refractivity contribution in [3.63, 3.8) is 0 Å². The number of aryl methyl sites for hydroxylation is 1. The number of imidazole rings is 1. The van der Waals surface area contributed by atoms with Crippen LogP contribution in [0, 0.1) is 6.92 Å². The minimum atomic E-state index is -3.24. The Morgan fingerprint density at radius 1 is 1.22 bits per heavy atom. The van der Waals surface area contributed by atoms with Crippen LogP contribution in [0.1, 0.15) is 23.5 Å². The van der Waals surface area contributed by atoms with Crippen molar-refractivity contribution >= 4 is 21.3 Å². The van der Waals surface area contributed by atoms with E-state index in [1.165, 1.54) is 17.1 Å². The Bertz CT molecular complexity index is 852. The van der Waals surface area contributed by atoms with Crippen molar-refractivity contribution in [2.45, 2.75) is 19.9 Å². The van der Waals surface area contributed by atoms with E-state index < -0.39 is 10.0 Å². The van der Waals surface area contributed by atoms with Gasteiger partial charge in [0.15, 0.2) is 5.69 Å². The monoisotopic (exact) mass is 445 g/mol. The van der Waals surface area contributed by atoms with Gasteiger partial charge in [-0.2, -0.15) is 0 Å². The largest absolute Gasteiger partial charge is 1.00 e. The van der Waals surface area contributed by atoms with Gasteiger partial charge < -0.3 is 24.0 Å². The highest BCUT2D eigenvalue weighted by atomic mass is 127. The minimum absolute atomic E-state index is 0. The lowest BCUT2D eigenvalue weighted by Crippen LogP contribution is -3.00. The molecule has 0 saturated heterocycles. The standard InChI is InChI=1S/C16H20N3O2S.HI/c1-12-18(2)11-16-15(5-4-10-19(12)16)13-6-8-14(9-7-13)17-22(3,20)21;/h5-9,11,17H,4,10H2,1-3H3;1H/q+1;/p-1. The highest BCUT2D eigenvalue weighted by molar-refractivity contribution is 7.92. The fourth-order valence-electron chi connectivity index (χ4n) is 2.85. The summed E-state index contributed by atoms with van der Waals surface area (Å²) in [6.45, 7) is 3.12. The molecule has 0 fully saturated rings. The lowest BCUT2D eigenvalue weighted by atomic mass is 9.99. The fourth-order valence-corrected chi connectivity index (χ4v) is 3.41. The van der Waals surface area contributed by atoms with Crippen molar-refractivity contribution < 1.29 is 37.0 Å². The number of aromatic nitrogens is 2. The van der Waals surface area contributed by atoms with Gasteiger partial charge in [0.1, 0.15) is 6.20 Å². The highest BCUT2D eigenvalue weighted by Crippen LogP contribution is 2.26. The Morgan fingerprint density at radius 3 is 2.48 bits per heavy atom. The van der Waals surface area contributed by atoms with Crippen molar-refractivity contribution in [1.82, 2.24) is 4.57 Å². The van der Waals surface area contributed by atoms with E-state index in [9.17, 15) is 8.42 Å². The first-order valence-corrected chi connectivity index (χ1v) is 9.09. The van der Waals surface area contributed by atoms with Crippen LogP contribution in [0.3, 0.4) is 0 Å². The zero-order valence-electron chi connectivity index (χ0n) is 13.4. The summed E-state index contributed by atoms with van der Waals surface area (Å²) in [4.78, 5) is 0. The number of allylic oxidation sites excluding steroid dienone is 1. The third-order valence-corrected chi connectivity index (χ3v) is 4.59. The van der Waals surface area contributed by atoms with Gasteiger partial charge in [-0.15, -0.1) is 0 Å². The molecule has 0 radical (unpaired) electrons. The molecule has 0 saturated carbocycles. The summed E-state index contributed by atoms with van der Waals surface area (Å²) < 4.78 is 29.5. The average Bonchev–Trinajstić information content (AvgIpc) is 2.74. The zero-order valence-corrected chi connectivity index (χ0v) is 16.3. The van der Waals surface area contributed by atoms with Gasteiger partial charge in [0.2, 0.25) is 10.0 Å². The molecule has 1 aliphatic rings. The maximum atomic E-state index is 11.3. The minimum Gasteiger partial charge on any atom is -1.00 e. The van der Waals surface area contributed by atoms with Crippen LogP contribution in [0.25, 0.3) is 5.57 Å². The summed E-state index contributed by atoms with van der Waals surface area (Å²) in [5, 5.41) is 0. The van der Waals surface area contributed by atoms with Gasteiger partial charge in [0, 0.05) is 24.6 Å². The number of hydrogen-bond acceptors (Lipinski definition) is 2. The van der Waals surface area contributed by atoms with Gasteiger partial charge in [-0.05, 0) is 17.7 Å². The predicted molar refractivity (Wildman–Crippen MR) is 86.9 cm³/mol. The van der Waals surface area contributed by atoms with Crippen LogP contribution >= 0.6 is 0 Å². The molecule has 0 amide bonds. The topological polar surface area (TPSA) is 55.0 Å². The molecule has 1 N–H and O–H groups in total. The molecular formula is C16H20IN3O2S. The summed E-state index contributed by atoms with van der Waals surface area (Å²) in [5.41, 5.74) is 4.08. The van der Waals surface area contributed by atoms with Crippen molar-refractivity contribution in [3.8, 4) is 0 Å². The summed E-state index contributed by atoms with van der Waals surface area (Å²) >= 11 is 0. The maximum absolute atomic E-state index is 11.3. The van der Waals surface area contributed by atoms with E-state index in [1.54, 1.807) is 12.1 Å². The quantitative estimate of drug-likeness (QED) is 0.479. The second kappa shape index (κ2) is 6.64. The molecule has 1 aromatic carbocycles. The summed E-state index contributed by atoms with van der Waals surface area (Å²) in [6.07, 6.45) is 6.54. The van der Waals surface area contributed by atoms with Crippen molar-refractivity contribution in [1.29, 1.82) is 0 Å². The Labute approximate surface area is 154 Å². The van der Waals surface area contributed by atoms with E-state index in [4.69, 9.17) is 0 Å². The predicted octanol–water partition coefficient (Wildman–Crippen LogP) is -1.17. The van der Waals surface area contributed by atoms with Gasteiger partial charge in [0.05, 0.1) is 19.8 Å². The van der Waals surface area contributed by atoms with E-state index in [0.717, 1.165) is 24.8 Å². The first kappa shape index (κ1) is 18.0. The number of anilines is 1. The first-order valence-electron chi connectivity index (χ1n) is 7.20. The molecule has 7 heteroatoms. The molecule has 0 bridgehead atoms. The number of rotatable bonds is 3. The zero-order chi connectivity index (χ0) is 15.9. The fraction of sp³-hybridized carbons (Fsp3) is 0.312. The van der Waals surface area contributed by atoms with Crippen molar-refractivity contribution in [2.75, 3.05) is 11.0 Å². The summed E-state index contributed by atoms with van der Waals surface area (Å²) in [7, 11) is -1.18. The third-order valence-electron chi connectivity index (χ3n) is 3.98. The molecule has 5 nitrogen and oxygen atoms in total. The normalized spacial score (nSPS) is 13.8. The molecule has 2 heterocycles. The average molecular weight is 445 g/mol. The van der Waals surface area contributed by atoms with Crippen molar-refractivity contribution in [3.05, 3.63) is 53.6 Å². The molecule has 1 aliphatic heterocycles. The maximum Gasteiger partial charge on any atom is 0.253 e. The summed E-state index contributed by atoms with van der Waals surface area (Å²) in [5.74, 6) is 1.23. The van der Waals surface area contributed by atoms with E-state index in [2.05, 4.69) is 40.1 Å². The van der Waals surface area contributed by atoms with E-state index in [0.29, 0.717) is 5.69 Å². The number of nitrogens with one attached hydrogen (secondary N) is 1. The van der Waals surface area contributed by atoms with Gasteiger partial charge in [-0.3, -0.25) is 4.72 Å². The molecular weight excluding hydrogens is 425 g/mol. The van der Waals surface area contributed by atoms with E-state index in [1.807, 2.05) is 12.1 Å². The van der Waals surface area contributed by atoms with Crippen LogP contribution in [-0.4, -0.2) is 19.2 Å². The van der Waals surface area contributed by atoms with Gasteiger partial charge in [-0.25, -0.2) is 17.6 Å². The van der Waals surface area contributed by atoms with Gasteiger partial charge in [0.25, 0.3) is 5.82 Å². The first-order chi connectivity index (χ1) is 10.3. The third kappa shape index (κ3) is 3.77. The van der Waals surface area contributed by atoms with Crippen LogP contribution in [0.2, 0.25) is 0 Å². The number of fused-ring (bicyclic) bond motifs is 1. The number of halogens is 1. The molecule has 0 unspecified atom stereocenters. The molecule has 1 aromatic heterocycles. The van der Waals surface area contributed by atoms with E-state index in [-0.39, 0.29) is 24.0 Å². The molecule has 0 aliphatic carbocycles. The van der Waals surface area contributed by atoms with Crippen LogP contribution in [0.4, 0.5) is 5.69 Å². The van der Waals surface area contributed by atoms with Gasteiger partial charge >= 0.3 is 0 Å². The number of nitrogens with zero attached hydrogens (tertiary/aromatic N) is 2.